The number of aryl methyl sites for hydroxylation is 2. The predicted molar refractivity (Wildman–Crippen MR) is 59.1 cm³/mol. The highest BCUT2D eigenvalue weighted by molar-refractivity contribution is 5.63. The van der Waals surface area contributed by atoms with Gasteiger partial charge in [-0.2, -0.15) is 4.39 Å². The van der Waals surface area contributed by atoms with E-state index in [0.29, 0.717) is 0 Å². The van der Waals surface area contributed by atoms with Crippen LogP contribution in [0.3, 0.4) is 0 Å². The number of hydrogen-bond acceptors (Lipinski definition) is 1. The van der Waals surface area contributed by atoms with E-state index in [1.54, 1.807) is 12.3 Å². The molecule has 76 valence electrons. The predicted octanol–water partition coefficient (Wildman–Crippen LogP) is 3.50. The molecule has 0 fully saturated rings. The normalized spacial score (nSPS) is 10.3. The van der Waals surface area contributed by atoms with Crippen LogP contribution in [0.5, 0.6) is 0 Å². The van der Waals surface area contributed by atoms with Gasteiger partial charge in [0.15, 0.2) is 0 Å². The Kier molecular flexibility index (Phi) is 2.50. The summed E-state index contributed by atoms with van der Waals surface area (Å²) < 4.78 is 12.6. The van der Waals surface area contributed by atoms with Crippen molar-refractivity contribution in [2.24, 2.45) is 0 Å². The average molecular weight is 201 g/mol. The van der Waals surface area contributed by atoms with Gasteiger partial charge < -0.3 is 0 Å². The van der Waals surface area contributed by atoms with Crippen LogP contribution in [0, 0.1) is 19.8 Å². The number of nitrogens with zero attached hydrogens (tertiary/aromatic N) is 1. The molecule has 0 aliphatic carbocycles. The van der Waals surface area contributed by atoms with Crippen molar-refractivity contribution in [2.75, 3.05) is 0 Å². The SMILES string of the molecule is Cc1ccc(-c2ccc(F)nc2)cc1C. The third-order valence-electron chi connectivity index (χ3n) is 2.57. The zero-order valence-corrected chi connectivity index (χ0v) is 8.79. The minimum absolute atomic E-state index is 0.442. The Morgan fingerprint density at radius 2 is 1.67 bits per heavy atom. The van der Waals surface area contributed by atoms with E-state index in [1.165, 1.54) is 17.2 Å². The maximum atomic E-state index is 12.6. The Bertz CT molecular complexity index is 474. The second-order valence-electron chi connectivity index (χ2n) is 3.67. The molecule has 0 spiro atoms. The fourth-order valence-electron chi connectivity index (χ4n) is 1.47. The molecule has 0 radical (unpaired) electrons. The lowest BCUT2D eigenvalue weighted by molar-refractivity contribution is 0.584. The van der Waals surface area contributed by atoms with Gasteiger partial charge in [-0.15, -0.1) is 0 Å². The Labute approximate surface area is 88.6 Å². The Hall–Kier alpha value is -1.70. The molecule has 0 aliphatic heterocycles. The van der Waals surface area contributed by atoms with Gasteiger partial charge >= 0.3 is 0 Å². The van der Waals surface area contributed by atoms with Gasteiger partial charge in [0, 0.05) is 11.8 Å². The molecule has 2 aromatic rings. The summed E-state index contributed by atoms with van der Waals surface area (Å²) in [5.74, 6) is -0.442. The van der Waals surface area contributed by atoms with Crippen LogP contribution in [0.25, 0.3) is 11.1 Å². The Balaban J connectivity index is 2.45. The zero-order valence-electron chi connectivity index (χ0n) is 8.79. The van der Waals surface area contributed by atoms with Crippen LogP contribution in [0.1, 0.15) is 11.1 Å². The molecule has 0 atom stereocenters. The van der Waals surface area contributed by atoms with Crippen LogP contribution in [0.4, 0.5) is 4.39 Å². The standard InChI is InChI=1S/C13H12FN/c1-9-3-4-11(7-10(9)2)12-5-6-13(14)15-8-12/h3-8H,1-2H3. The molecule has 2 heteroatoms. The number of hydrogen-bond donors (Lipinski definition) is 0. The molecule has 2 rings (SSSR count). The topological polar surface area (TPSA) is 12.9 Å². The summed E-state index contributed by atoms with van der Waals surface area (Å²) in [4.78, 5) is 3.64. The Morgan fingerprint density at radius 3 is 2.27 bits per heavy atom. The molecule has 0 saturated carbocycles. The first-order chi connectivity index (χ1) is 7.16. The molecule has 0 unspecified atom stereocenters. The van der Waals surface area contributed by atoms with Crippen molar-refractivity contribution in [1.29, 1.82) is 0 Å². The lowest BCUT2D eigenvalue weighted by Crippen LogP contribution is -1.86. The molecule has 0 aliphatic rings. The molecule has 1 nitrogen and oxygen atoms in total. The second kappa shape index (κ2) is 3.81. The second-order valence-corrected chi connectivity index (χ2v) is 3.67. The van der Waals surface area contributed by atoms with Crippen molar-refractivity contribution in [3.63, 3.8) is 0 Å². The maximum absolute atomic E-state index is 12.6. The van der Waals surface area contributed by atoms with Crippen molar-refractivity contribution in [3.8, 4) is 11.1 Å². The van der Waals surface area contributed by atoms with Crippen molar-refractivity contribution in [2.45, 2.75) is 13.8 Å². The smallest absolute Gasteiger partial charge is 0.212 e. The molecule has 1 aromatic carbocycles. The van der Waals surface area contributed by atoms with Gasteiger partial charge in [0.2, 0.25) is 5.95 Å². The average Bonchev–Trinajstić information content (AvgIpc) is 2.23. The maximum Gasteiger partial charge on any atom is 0.212 e. The van der Waals surface area contributed by atoms with Crippen LogP contribution >= 0.6 is 0 Å². The number of pyridine rings is 1. The van der Waals surface area contributed by atoms with Crippen LogP contribution < -0.4 is 0 Å². The van der Waals surface area contributed by atoms with Gasteiger partial charge in [-0.3, -0.25) is 0 Å². The van der Waals surface area contributed by atoms with E-state index in [9.17, 15) is 4.39 Å². The van der Waals surface area contributed by atoms with Gasteiger partial charge in [-0.05, 0) is 42.7 Å². The van der Waals surface area contributed by atoms with Gasteiger partial charge in [-0.1, -0.05) is 18.2 Å². The molecular weight excluding hydrogens is 189 g/mol. The quantitative estimate of drug-likeness (QED) is 0.643. The summed E-state index contributed by atoms with van der Waals surface area (Å²) in [6.45, 7) is 4.14. The largest absolute Gasteiger partial charge is 0.228 e. The zero-order chi connectivity index (χ0) is 10.8. The molecule has 0 amide bonds. The van der Waals surface area contributed by atoms with E-state index in [0.717, 1.165) is 11.1 Å². The molecule has 0 saturated heterocycles. The van der Waals surface area contributed by atoms with E-state index >= 15 is 0 Å². The van der Waals surface area contributed by atoms with Gasteiger partial charge in [0.05, 0.1) is 0 Å². The summed E-state index contributed by atoms with van der Waals surface area (Å²) in [5, 5.41) is 0. The molecule has 1 aromatic heterocycles. The minimum Gasteiger partial charge on any atom is -0.228 e. The third kappa shape index (κ3) is 2.04. The molecule has 0 N–H and O–H groups in total. The van der Waals surface area contributed by atoms with Gasteiger partial charge in [-0.25, -0.2) is 4.98 Å². The van der Waals surface area contributed by atoms with Crippen molar-refractivity contribution < 1.29 is 4.39 Å². The van der Waals surface area contributed by atoms with Crippen LogP contribution in [-0.4, -0.2) is 4.98 Å². The van der Waals surface area contributed by atoms with E-state index in [1.807, 2.05) is 6.07 Å². The minimum atomic E-state index is -0.442. The lowest BCUT2D eigenvalue weighted by Gasteiger charge is -2.04. The monoisotopic (exact) mass is 201 g/mol. The van der Waals surface area contributed by atoms with Crippen molar-refractivity contribution in [1.82, 2.24) is 4.98 Å². The lowest BCUT2D eigenvalue weighted by atomic mass is 10.0. The van der Waals surface area contributed by atoms with Crippen molar-refractivity contribution in [3.05, 3.63) is 53.6 Å². The van der Waals surface area contributed by atoms with Crippen LogP contribution in [-0.2, 0) is 0 Å². The molecule has 0 bridgehead atoms. The summed E-state index contributed by atoms with van der Waals surface area (Å²) >= 11 is 0. The summed E-state index contributed by atoms with van der Waals surface area (Å²) in [6.07, 6.45) is 1.56. The van der Waals surface area contributed by atoms with E-state index in [-0.39, 0.29) is 0 Å². The van der Waals surface area contributed by atoms with Crippen LogP contribution in [0.15, 0.2) is 36.5 Å². The third-order valence-corrected chi connectivity index (χ3v) is 2.57. The van der Waals surface area contributed by atoms with Gasteiger partial charge in [0.1, 0.15) is 0 Å². The highest BCUT2D eigenvalue weighted by atomic mass is 19.1. The van der Waals surface area contributed by atoms with Crippen LogP contribution in [0.2, 0.25) is 0 Å². The first-order valence-electron chi connectivity index (χ1n) is 4.86. The first-order valence-corrected chi connectivity index (χ1v) is 4.86. The first kappa shape index (κ1) is 9.84. The number of halogens is 1. The molecule has 1 heterocycles. The van der Waals surface area contributed by atoms with Crippen molar-refractivity contribution >= 4 is 0 Å². The number of aromatic nitrogens is 1. The molecular formula is C13H12FN. The van der Waals surface area contributed by atoms with Gasteiger partial charge in [0.25, 0.3) is 0 Å². The van der Waals surface area contributed by atoms with E-state index in [4.69, 9.17) is 0 Å². The highest BCUT2D eigenvalue weighted by Crippen LogP contribution is 2.21. The summed E-state index contributed by atoms with van der Waals surface area (Å²) in [7, 11) is 0. The Morgan fingerprint density at radius 1 is 0.933 bits per heavy atom. The van der Waals surface area contributed by atoms with E-state index in [2.05, 4.69) is 31.0 Å². The molecule has 15 heavy (non-hydrogen) atoms. The summed E-state index contributed by atoms with van der Waals surface area (Å²) in [5.41, 5.74) is 4.51. The summed E-state index contributed by atoms with van der Waals surface area (Å²) in [6, 6.07) is 9.30. The fourth-order valence-corrected chi connectivity index (χ4v) is 1.47. The fraction of sp³-hybridized carbons (Fsp3) is 0.154. The number of benzene rings is 1. The number of rotatable bonds is 1. The highest BCUT2D eigenvalue weighted by Gasteiger charge is 2.00. The van der Waals surface area contributed by atoms with E-state index < -0.39 is 5.95 Å².